The zero-order chi connectivity index (χ0) is 15.7. The quantitative estimate of drug-likeness (QED) is 0.857. The molecular formula is C18H25BrN2O. The van der Waals surface area contributed by atoms with Gasteiger partial charge in [-0.15, -0.1) is 0 Å². The van der Waals surface area contributed by atoms with Crippen molar-refractivity contribution in [2.75, 3.05) is 0 Å². The van der Waals surface area contributed by atoms with Crippen LogP contribution >= 0.6 is 15.9 Å². The molecule has 1 aromatic carbocycles. The van der Waals surface area contributed by atoms with Crippen LogP contribution in [0, 0.1) is 17.8 Å². The van der Waals surface area contributed by atoms with Gasteiger partial charge in [0.1, 0.15) is 0 Å². The largest absolute Gasteiger partial charge is 0.349 e. The van der Waals surface area contributed by atoms with E-state index >= 15 is 0 Å². The monoisotopic (exact) mass is 364 g/mol. The zero-order valence-electron chi connectivity index (χ0n) is 13.1. The summed E-state index contributed by atoms with van der Waals surface area (Å²) in [5.74, 6) is 1.45. The van der Waals surface area contributed by atoms with Crippen LogP contribution in [0.3, 0.4) is 0 Å². The van der Waals surface area contributed by atoms with Crippen LogP contribution in [0.1, 0.15) is 50.6 Å². The first kappa shape index (κ1) is 16.0. The summed E-state index contributed by atoms with van der Waals surface area (Å²) < 4.78 is 1.06. The first-order valence-corrected chi connectivity index (χ1v) is 9.15. The molecule has 2 saturated carbocycles. The average Bonchev–Trinajstić information content (AvgIpc) is 2.47. The summed E-state index contributed by atoms with van der Waals surface area (Å²) in [6, 6.07) is 8.52. The number of nitrogens with one attached hydrogen (secondary N) is 1. The van der Waals surface area contributed by atoms with Crippen LogP contribution in [0.2, 0.25) is 0 Å². The van der Waals surface area contributed by atoms with Crippen LogP contribution in [-0.2, 0) is 4.79 Å². The molecule has 2 fully saturated rings. The summed E-state index contributed by atoms with van der Waals surface area (Å²) in [4.78, 5) is 12.6. The van der Waals surface area contributed by atoms with E-state index in [0.717, 1.165) is 22.9 Å². The van der Waals surface area contributed by atoms with Crippen LogP contribution in [0.5, 0.6) is 0 Å². The second-order valence-corrected chi connectivity index (χ2v) is 7.89. The maximum atomic E-state index is 12.6. The Morgan fingerprint density at radius 2 is 1.82 bits per heavy atom. The number of halogens is 1. The summed E-state index contributed by atoms with van der Waals surface area (Å²) in [5.41, 5.74) is 7.46. The number of hydrogen-bond donors (Lipinski definition) is 2. The van der Waals surface area contributed by atoms with Gasteiger partial charge < -0.3 is 11.1 Å². The van der Waals surface area contributed by atoms with Crippen molar-refractivity contribution in [3.05, 3.63) is 34.3 Å². The van der Waals surface area contributed by atoms with Crippen molar-refractivity contribution in [1.29, 1.82) is 0 Å². The van der Waals surface area contributed by atoms with Gasteiger partial charge in [0.05, 0.1) is 6.04 Å². The molecule has 0 aliphatic heterocycles. The van der Waals surface area contributed by atoms with Gasteiger partial charge in [-0.05, 0) is 62.1 Å². The number of rotatable bonds is 3. The first-order valence-electron chi connectivity index (χ1n) is 8.36. The van der Waals surface area contributed by atoms with Gasteiger partial charge in [-0.2, -0.15) is 0 Å². The van der Waals surface area contributed by atoms with Gasteiger partial charge in [0.15, 0.2) is 0 Å². The molecule has 1 amide bonds. The summed E-state index contributed by atoms with van der Waals surface area (Å²) in [6.45, 7) is 2.05. The van der Waals surface area contributed by atoms with Gasteiger partial charge >= 0.3 is 0 Å². The van der Waals surface area contributed by atoms with Crippen molar-refractivity contribution in [3.8, 4) is 0 Å². The number of carbonyl (C=O) groups excluding carboxylic acids is 1. The fourth-order valence-electron chi connectivity index (χ4n) is 4.17. The molecule has 4 heteroatoms. The van der Waals surface area contributed by atoms with E-state index in [-0.39, 0.29) is 17.9 Å². The fraction of sp³-hybridized carbons (Fsp3) is 0.611. The molecule has 3 N–H and O–H groups in total. The highest BCUT2D eigenvalue weighted by Gasteiger charge is 2.40. The minimum absolute atomic E-state index is 0.0519. The molecule has 3 atom stereocenters. The fourth-order valence-corrected chi connectivity index (χ4v) is 4.43. The van der Waals surface area contributed by atoms with E-state index in [9.17, 15) is 4.79 Å². The Balaban J connectivity index is 1.61. The molecule has 2 bridgehead atoms. The van der Waals surface area contributed by atoms with E-state index in [1.807, 2.05) is 12.1 Å². The Hall–Kier alpha value is -0.870. The molecule has 1 aromatic rings. The van der Waals surface area contributed by atoms with Crippen LogP contribution < -0.4 is 11.1 Å². The Kier molecular flexibility index (Phi) is 4.88. The lowest BCUT2D eigenvalue weighted by Gasteiger charge is -2.43. The van der Waals surface area contributed by atoms with Gasteiger partial charge in [0.2, 0.25) is 5.91 Å². The second kappa shape index (κ2) is 6.71. The van der Waals surface area contributed by atoms with E-state index in [1.165, 1.54) is 19.3 Å². The number of carbonyl (C=O) groups is 1. The average molecular weight is 365 g/mol. The summed E-state index contributed by atoms with van der Waals surface area (Å²) >= 11 is 3.44. The topological polar surface area (TPSA) is 55.1 Å². The van der Waals surface area contributed by atoms with Crippen molar-refractivity contribution >= 4 is 21.8 Å². The Morgan fingerprint density at radius 3 is 2.41 bits per heavy atom. The van der Waals surface area contributed by atoms with Crippen LogP contribution in [0.25, 0.3) is 0 Å². The normalized spacial score (nSPS) is 32.3. The molecule has 3 rings (SSSR count). The Bertz CT molecular complexity index is 516. The lowest BCUT2D eigenvalue weighted by atomic mass is 9.65. The van der Waals surface area contributed by atoms with Crippen molar-refractivity contribution in [1.82, 2.24) is 5.32 Å². The second-order valence-electron chi connectivity index (χ2n) is 6.98. The number of nitrogens with two attached hydrogens (primary N) is 1. The summed E-state index contributed by atoms with van der Waals surface area (Å²) in [6.07, 6.45) is 5.62. The van der Waals surface area contributed by atoms with Crippen molar-refractivity contribution in [2.45, 2.75) is 51.1 Å². The molecule has 2 aliphatic carbocycles. The van der Waals surface area contributed by atoms with Gasteiger partial charge in [0, 0.05) is 16.4 Å². The molecule has 22 heavy (non-hydrogen) atoms. The van der Waals surface area contributed by atoms with Crippen molar-refractivity contribution in [3.63, 3.8) is 0 Å². The van der Waals surface area contributed by atoms with Gasteiger partial charge in [-0.25, -0.2) is 0 Å². The molecule has 0 spiro atoms. The predicted molar refractivity (Wildman–Crippen MR) is 92.2 cm³/mol. The van der Waals surface area contributed by atoms with Crippen molar-refractivity contribution in [2.24, 2.45) is 23.5 Å². The smallest absolute Gasteiger partial charge is 0.223 e. The standard InChI is InChI=1S/C18H25BrN2O/c1-11(12-5-7-16(19)8-6-12)21-18(22)15-9-13-3-2-4-14(10-15)17(13)20/h5-8,11,13-15,17H,2-4,9-10,20H2,1H3,(H,21,22). The minimum atomic E-state index is 0.0519. The van der Waals surface area contributed by atoms with E-state index < -0.39 is 0 Å². The molecule has 0 aromatic heterocycles. The number of fused-ring (bicyclic) bond motifs is 2. The molecule has 3 nitrogen and oxygen atoms in total. The van der Waals surface area contributed by atoms with E-state index in [2.05, 4.69) is 40.3 Å². The third-order valence-corrected chi connectivity index (χ3v) is 6.04. The number of hydrogen-bond acceptors (Lipinski definition) is 2. The Morgan fingerprint density at radius 1 is 1.23 bits per heavy atom. The highest BCUT2D eigenvalue weighted by atomic mass is 79.9. The SMILES string of the molecule is CC(NC(=O)C1CC2CCCC(C1)C2N)c1ccc(Br)cc1. The molecule has 2 aliphatic rings. The highest BCUT2D eigenvalue weighted by molar-refractivity contribution is 9.10. The molecule has 0 radical (unpaired) electrons. The van der Waals surface area contributed by atoms with Crippen LogP contribution in [0.15, 0.2) is 28.7 Å². The predicted octanol–water partition coefficient (Wildman–Crippen LogP) is 3.78. The Labute approximate surface area is 141 Å². The lowest BCUT2D eigenvalue weighted by Crippen LogP contribution is -2.49. The minimum Gasteiger partial charge on any atom is -0.349 e. The first-order chi connectivity index (χ1) is 10.5. The van der Waals surface area contributed by atoms with E-state index in [1.54, 1.807) is 0 Å². The van der Waals surface area contributed by atoms with Gasteiger partial charge in [0.25, 0.3) is 0 Å². The number of amides is 1. The van der Waals surface area contributed by atoms with Crippen LogP contribution in [-0.4, -0.2) is 11.9 Å². The number of benzene rings is 1. The molecule has 3 unspecified atom stereocenters. The maximum absolute atomic E-state index is 12.6. The third-order valence-electron chi connectivity index (χ3n) is 5.51. The third kappa shape index (κ3) is 3.38. The van der Waals surface area contributed by atoms with Crippen LogP contribution in [0.4, 0.5) is 0 Å². The molecular weight excluding hydrogens is 340 g/mol. The molecule has 0 heterocycles. The van der Waals surface area contributed by atoms with E-state index in [0.29, 0.717) is 17.9 Å². The van der Waals surface area contributed by atoms with E-state index in [4.69, 9.17) is 5.73 Å². The molecule has 0 saturated heterocycles. The zero-order valence-corrected chi connectivity index (χ0v) is 14.7. The van der Waals surface area contributed by atoms with Gasteiger partial charge in [-0.3, -0.25) is 4.79 Å². The van der Waals surface area contributed by atoms with Crippen molar-refractivity contribution < 1.29 is 4.79 Å². The van der Waals surface area contributed by atoms with Gasteiger partial charge in [-0.1, -0.05) is 34.5 Å². The summed E-state index contributed by atoms with van der Waals surface area (Å²) in [7, 11) is 0. The summed E-state index contributed by atoms with van der Waals surface area (Å²) in [5, 5.41) is 3.19. The molecule has 120 valence electrons. The maximum Gasteiger partial charge on any atom is 0.223 e. The lowest BCUT2D eigenvalue weighted by molar-refractivity contribution is -0.128. The highest BCUT2D eigenvalue weighted by Crippen LogP contribution is 2.42.